The monoisotopic (exact) mass is 386 g/mol. The molecule has 0 radical (unpaired) electrons. The van der Waals surface area contributed by atoms with Crippen molar-refractivity contribution in [3.05, 3.63) is 46.6 Å². The van der Waals surface area contributed by atoms with Crippen LogP contribution < -0.4 is 0 Å². The van der Waals surface area contributed by atoms with E-state index in [2.05, 4.69) is 4.98 Å². The van der Waals surface area contributed by atoms with Crippen molar-refractivity contribution in [1.29, 1.82) is 0 Å². The van der Waals surface area contributed by atoms with Crippen LogP contribution in [0.5, 0.6) is 0 Å². The van der Waals surface area contributed by atoms with E-state index in [-0.39, 0.29) is 18.4 Å². The first-order chi connectivity index (χ1) is 11.8. The second-order valence-corrected chi connectivity index (χ2v) is 7.61. The Balaban J connectivity index is 1.89. The number of halogens is 4. The molecule has 2 aromatic rings. The van der Waals surface area contributed by atoms with Crippen molar-refractivity contribution in [3.8, 4) is 11.3 Å². The Morgan fingerprint density at radius 1 is 1.36 bits per heavy atom. The Bertz CT molecular complexity index is 871. The Morgan fingerprint density at radius 2 is 2.16 bits per heavy atom. The zero-order valence-electron chi connectivity index (χ0n) is 12.9. The number of fused-ring (bicyclic) bond motifs is 1. The fourth-order valence-corrected chi connectivity index (χ4v) is 4.15. The summed E-state index contributed by atoms with van der Waals surface area (Å²) in [6, 6.07) is 0. The van der Waals surface area contributed by atoms with Gasteiger partial charge in [0, 0.05) is 46.9 Å². The van der Waals surface area contributed by atoms with Gasteiger partial charge in [-0.05, 0) is 18.6 Å². The molecule has 0 amide bonds. The molecule has 2 atom stereocenters. The highest BCUT2D eigenvalue weighted by atomic mass is 35.5. The molecule has 132 valence electrons. The SMILES string of the molecule is OC1c2c(-c3cscn3)cn(C3=CC=CC(F)(Cl)C3)c2CCC1(F)F. The predicted octanol–water partition coefficient (Wildman–Crippen LogP) is 4.93. The van der Waals surface area contributed by atoms with Gasteiger partial charge in [-0.3, -0.25) is 0 Å². The van der Waals surface area contributed by atoms with Gasteiger partial charge in [0.25, 0.3) is 5.92 Å². The summed E-state index contributed by atoms with van der Waals surface area (Å²) in [5.41, 5.74) is 3.82. The van der Waals surface area contributed by atoms with Gasteiger partial charge in [0.1, 0.15) is 6.10 Å². The number of thiazole rings is 1. The van der Waals surface area contributed by atoms with Crippen molar-refractivity contribution in [1.82, 2.24) is 9.55 Å². The number of aromatic nitrogens is 2. The van der Waals surface area contributed by atoms with Crippen LogP contribution in [0.3, 0.4) is 0 Å². The molecule has 0 bridgehead atoms. The second-order valence-electron chi connectivity index (χ2n) is 6.27. The van der Waals surface area contributed by atoms with Gasteiger partial charge in [-0.2, -0.15) is 0 Å². The minimum Gasteiger partial charge on any atom is -0.382 e. The van der Waals surface area contributed by atoms with Gasteiger partial charge < -0.3 is 9.67 Å². The molecule has 2 unspecified atom stereocenters. The molecule has 1 N–H and O–H groups in total. The van der Waals surface area contributed by atoms with Crippen LogP contribution in [-0.2, 0) is 6.42 Å². The number of alkyl halides is 4. The van der Waals surface area contributed by atoms with E-state index in [4.69, 9.17) is 11.6 Å². The molecule has 0 aromatic carbocycles. The number of hydrogen-bond acceptors (Lipinski definition) is 3. The molecule has 4 rings (SSSR count). The van der Waals surface area contributed by atoms with Gasteiger partial charge in [0.2, 0.25) is 5.13 Å². The van der Waals surface area contributed by atoms with Gasteiger partial charge in [-0.25, -0.2) is 18.2 Å². The predicted molar refractivity (Wildman–Crippen MR) is 91.5 cm³/mol. The van der Waals surface area contributed by atoms with Crippen molar-refractivity contribution >= 4 is 28.6 Å². The lowest BCUT2D eigenvalue weighted by Crippen LogP contribution is -2.32. The van der Waals surface area contributed by atoms with E-state index < -0.39 is 23.6 Å². The number of aliphatic hydroxyl groups excluding tert-OH is 1. The number of allylic oxidation sites excluding steroid dienone is 4. The molecule has 25 heavy (non-hydrogen) atoms. The van der Waals surface area contributed by atoms with Gasteiger partial charge in [0.05, 0.1) is 11.2 Å². The van der Waals surface area contributed by atoms with E-state index in [0.29, 0.717) is 22.6 Å². The fourth-order valence-electron chi connectivity index (χ4n) is 3.39. The third-order valence-electron chi connectivity index (χ3n) is 4.58. The molecule has 0 spiro atoms. The molecular weight excluding hydrogens is 373 g/mol. The van der Waals surface area contributed by atoms with Crippen molar-refractivity contribution in [2.45, 2.75) is 36.4 Å². The molecule has 2 aliphatic carbocycles. The zero-order valence-corrected chi connectivity index (χ0v) is 14.5. The van der Waals surface area contributed by atoms with E-state index in [0.717, 1.165) is 0 Å². The van der Waals surface area contributed by atoms with Gasteiger partial charge in [-0.1, -0.05) is 17.7 Å². The van der Waals surface area contributed by atoms with Crippen molar-refractivity contribution in [2.75, 3.05) is 0 Å². The average molecular weight is 387 g/mol. The molecule has 0 saturated heterocycles. The summed E-state index contributed by atoms with van der Waals surface area (Å²) in [7, 11) is 0. The summed E-state index contributed by atoms with van der Waals surface area (Å²) < 4.78 is 44.0. The van der Waals surface area contributed by atoms with E-state index in [1.54, 1.807) is 27.7 Å². The minimum atomic E-state index is -3.21. The summed E-state index contributed by atoms with van der Waals surface area (Å²) >= 11 is 7.13. The maximum absolute atomic E-state index is 14.2. The number of nitrogens with zero attached hydrogens (tertiary/aromatic N) is 2. The van der Waals surface area contributed by atoms with Crippen LogP contribution in [0.2, 0.25) is 0 Å². The molecule has 2 aliphatic rings. The first-order valence-corrected chi connectivity index (χ1v) is 9.06. The number of aliphatic hydroxyl groups is 1. The number of hydrogen-bond donors (Lipinski definition) is 1. The molecule has 3 nitrogen and oxygen atoms in total. The highest BCUT2D eigenvalue weighted by molar-refractivity contribution is 7.07. The topological polar surface area (TPSA) is 38.1 Å². The molecule has 0 fully saturated rings. The van der Waals surface area contributed by atoms with Crippen LogP contribution in [0.4, 0.5) is 13.2 Å². The lowest BCUT2D eigenvalue weighted by atomic mass is 9.88. The fraction of sp³-hybridized carbons (Fsp3) is 0.353. The van der Waals surface area contributed by atoms with E-state index in [1.165, 1.54) is 23.5 Å². The van der Waals surface area contributed by atoms with Crippen LogP contribution in [0.1, 0.15) is 30.2 Å². The lowest BCUT2D eigenvalue weighted by molar-refractivity contribution is -0.121. The molecule has 0 saturated carbocycles. The summed E-state index contributed by atoms with van der Waals surface area (Å²) in [6.45, 7) is 0. The minimum absolute atomic E-state index is 0.0756. The van der Waals surface area contributed by atoms with E-state index >= 15 is 0 Å². The van der Waals surface area contributed by atoms with Gasteiger partial charge >= 0.3 is 0 Å². The van der Waals surface area contributed by atoms with Crippen LogP contribution in [0.25, 0.3) is 17.0 Å². The Kier molecular flexibility index (Phi) is 3.86. The van der Waals surface area contributed by atoms with Crippen LogP contribution in [-0.4, -0.2) is 25.7 Å². The summed E-state index contributed by atoms with van der Waals surface area (Å²) in [5.74, 6) is -3.21. The van der Waals surface area contributed by atoms with Crippen LogP contribution in [0.15, 0.2) is 35.3 Å². The van der Waals surface area contributed by atoms with Crippen molar-refractivity contribution in [2.24, 2.45) is 0 Å². The highest BCUT2D eigenvalue weighted by Gasteiger charge is 2.46. The van der Waals surface area contributed by atoms with Crippen LogP contribution >= 0.6 is 22.9 Å². The average Bonchev–Trinajstić information content (AvgIpc) is 3.17. The second kappa shape index (κ2) is 5.72. The largest absolute Gasteiger partial charge is 0.382 e. The Labute approximate surface area is 151 Å². The standard InChI is InChI=1S/C17H14ClF3N2OS/c18-16(19)4-1-2-10(6-16)23-7-11(12-8-25-9-22-12)14-13(23)3-5-17(20,21)15(14)24/h1-2,4,7-9,15,24H,3,5-6H2. The Morgan fingerprint density at radius 3 is 2.84 bits per heavy atom. The van der Waals surface area contributed by atoms with Crippen LogP contribution in [0, 0.1) is 0 Å². The van der Waals surface area contributed by atoms with E-state index in [1.807, 2.05) is 0 Å². The smallest absolute Gasteiger partial charge is 0.278 e. The molecule has 2 aromatic heterocycles. The quantitative estimate of drug-likeness (QED) is 0.743. The van der Waals surface area contributed by atoms with Gasteiger partial charge in [0.15, 0.2) is 0 Å². The molecular formula is C17H14ClF3N2OS. The molecule has 2 heterocycles. The van der Waals surface area contributed by atoms with Gasteiger partial charge in [-0.15, -0.1) is 11.3 Å². The molecule has 8 heteroatoms. The third-order valence-corrected chi connectivity index (χ3v) is 5.43. The molecule has 0 aliphatic heterocycles. The maximum atomic E-state index is 14.2. The lowest BCUT2D eigenvalue weighted by Gasteiger charge is -2.30. The highest BCUT2D eigenvalue weighted by Crippen LogP contribution is 2.47. The maximum Gasteiger partial charge on any atom is 0.278 e. The summed E-state index contributed by atoms with van der Waals surface area (Å²) in [6.07, 6.45) is 3.70. The summed E-state index contributed by atoms with van der Waals surface area (Å²) in [4.78, 5) is 4.18. The Hall–Kier alpha value is -1.57. The zero-order chi connectivity index (χ0) is 17.8. The summed E-state index contributed by atoms with van der Waals surface area (Å²) in [5, 5.41) is 9.98. The third kappa shape index (κ3) is 2.84. The number of rotatable bonds is 2. The normalized spacial score (nSPS) is 27.9. The van der Waals surface area contributed by atoms with E-state index in [9.17, 15) is 18.3 Å². The first-order valence-electron chi connectivity index (χ1n) is 7.74. The van der Waals surface area contributed by atoms with Crippen molar-refractivity contribution in [3.63, 3.8) is 0 Å². The first kappa shape index (κ1) is 16.9. The van der Waals surface area contributed by atoms with Crippen molar-refractivity contribution < 1.29 is 18.3 Å².